The highest BCUT2D eigenvalue weighted by Gasteiger charge is 2.16. The first kappa shape index (κ1) is 14.2. The third kappa shape index (κ3) is 3.80. The lowest BCUT2D eigenvalue weighted by Crippen LogP contribution is -2.34. The second kappa shape index (κ2) is 6.74. The van der Waals surface area contributed by atoms with Gasteiger partial charge in [0.1, 0.15) is 0 Å². The molecule has 0 saturated carbocycles. The Morgan fingerprint density at radius 1 is 1.35 bits per heavy atom. The van der Waals surface area contributed by atoms with Crippen molar-refractivity contribution in [2.75, 3.05) is 18.4 Å². The highest BCUT2D eigenvalue weighted by atomic mass is 79.9. The summed E-state index contributed by atoms with van der Waals surface area (Å²) in [4.78, 5) is 18.5. The van der Waals surface area contributed by atoms with Gasteiger partial charge in [0.15, 0.2) is 0 Å². The number of halogens is 1. The molecule has 0 bridgehead atoms. The molecule has 0 N–H and O–H groups in total. The van der Waals surface area contributed by atoms with Gasteiger partial charge in [-0.1, -0.05) is 22.9 Å². The first-order valence-electron chi connectivity index (χ1n) is 5.89. The molecule has 0 spiro atoms. The lowest BCUT2D eigenvalue weighted by Gasteiger charge is -2.21. The molecule has 0 unspecified atom stereocenters. The van der Waals surface area contributed by atoms with E-state index in [1.165, 1.54) is 0 Å². The summed E-state index contributed by atoms with van der Waals surface area (Å²) >= 11 is 3.38. The molecule has 0 saturated heterocycles. The zero-order chi connectivity index (χ0) is 12.8. The third-order valence-electron chi connectivity index (χ3n) is 2.59. The quantitative estimate of drug-likeness (QED) is 0.783. The average molecular weight is 299 g/mol. The van der Waals surface area contributed by atoms with E-state index in [-0.39, 0.29) is 5.91 Å². The Morgan fingerprint density at radius 3 is 2.59 bits per heavy atom. The van der Waals surface area contributed by atoms with E-state index in [0.717, 1.165) is 36.2 Å². The fourth-order valence-electron chi connectivity index (χ4n) is 1.77. The lowest BCUT2D eigenvalue weighted by molar-refractivity contribution is 0.0765. The van der Waals surface area contributed by atoms with Crippen LogP contribution in [0.25, 0.3) is 0 Å². The highest BCUT2D eigenvalue weighted by Crippen LogP contribution is 2.11. The Hall–Kier alpha value is -0.900. The fraction of sp³-hybridized carbons (Fsp3) is 0.538. The molecule has 1 amide bonds. The van der Waals surface area contributed by atoms with Crippen LogP contribution in [-0.4, -0.2) is 34.2 Å². The van der Waals surface area contributed by atoms with Gasteiger partial charge in [0, 0.05) is 24.1 Å². The molecule has 0 atom stereocenters. The van der Waals surface area contributed by atoms with Crippen molar-refractivity contribution in [2.24, 2.45) is 0 Å². The maximum Gasteiger partial charge on any atom is 0.255 e. The first-order chi connectivity index (χ1) is 8.10. The minimum Gasteiger partial charge on any atom is -0.338 e. The zero-order valence-corrected chi connectivity index (χ0v) is 12.2. The number of carbonyl (C=O) groups excluding carboxylic acids is 1. The average Bonchev–Trinajstić information content (AvgIpc) is 2.28. The maximum absolute atomic E-state index is 12.3. The van der Waals surface area contributed by atoms with Crippen LogP contribution in [0.2, 0.25) is 0 Å². The van der Waals surface area contributed by atoms with E-state index in [0.29, 0.717) is 5.56 Å². The van der Waals surface area contributed by atoms with E-state index in [1.807, 2.05) is 30.9 Å². The molecule has 0 aromatic carbocycles. The molecule has 1 rings (SSSR count). The molecule has 3 nitrogen and oxygen atoms in total. The summed E-state index contributed by atoms with van der Waals surface area (Å²) in [5, 5.41) is 0.803. The Bertz CT molecular complexity index is 387. The third-order valence-corrected chi connectivity index (χ3v) is 2.95. The summed E-state index contributed by atoms with van der Waals surface area (Å²) < 4.78 is 0. The molecule has 17 heavy (non-hydrogen) atoms. The van der Waals surface area contributed by atoms with Gasteiger partial charge in [-0.05, 0) is 32.4 Å². The summed E-state index contributed by atoms with van der Waals surface area (Å²) in [6.07, 6.45) is 0.969. The van der Waals surface area contributed by atoms with Gasteiger partial charge in [-0.3, -0.25) is 9.78 Å². The monoisotopic (exact) mass is 298 g/mol. The standard InChI is InChI=1S/C13H19BrN2O/c1-4-8-16(9-7-14)13(17)12-6-5-10(2)15-11(12)3/h5-6H,4,7-9H2,1-3H3. The molecule has 0 aliphatic carbocycles. The molecule has 0 fully saturated rings. The van der Waals surface area contributed by atoms with Crippen molar-refractivity contribution >= 4 is 21.8 Å². The van der Waals surface area contributed by atoms with Gasteiger partial charge in [-0.15, -0.1) is 0 Å². The smallest absolute Gasteiger partial charge is 0.255 e. The number of hydrogen-bond donors (Lipinski definition) is 0. The van der Waals surface area contributed by atoms with Gasteiger partial charge in [0.25, 0.3) is 5.91 Å². The van der Waals surface area contributed by atoms with Crippen LogP contribution in [-0.2, 0) is 0 Å². The van der Waals surface area contributed by atoms with Gasteiger partial charge >= 0.3 is 0 Å². The Kier molecular flexibility index (Phi) is 5.62. The minimum absolute atomic E-state index is 0.0799. The molecule has 1 aromatic rings. The topological polar surface area (TPSA) is 33.2 Å². The van der Waals surface area contributed by atoms with Crippen molar-refractivity contribution < 1.29 is 4.79 Å². The second-order valence-electron chi connectivity index (χ2n) is 4.07. The number of pyridine rings is 1. The van der Waals surface area contributed by atoms with Crippen LogP contribution in [0.5, 0.6) is 0 Å². The van der Waals surface area contributed by atoms with Gasteiger partial charge in [0.05, 0.1) is 11.3 Å². The van der Waals surface area contributed by atoms with Crippen LogP contribution in [0, 0.1) is 13.8 Å². The van der Waals surface area contributed by atoms with Crippen molar-refractivity contribution in [1.82, 2.24) is 9.88 Å². The van der Waals surface area contributed by atoms with Crippen LogP contribution < -0.4 is 0 Å². The zero-order valence-electron chi connectivity index (χ0n) is 10.7. The number of alkyl halides is 1. The number of aryl methyl sites for hydroxylation is 2. The van der Waals surface area contributed by atoms with E-state index in [4.69, 9.17) is 0 Å². The van der Waals surface area contributed by atoms with E-state index < -0.39 is 0 Å². The molecule has 1 aromatic heterocycles. The number of nitrogens with zero attached hydrogens (tertiary/aromatic N) is 2. The van der Waals surface area contributed by atoms with Crippen LogP contribution in [0.3, 0.4) is 0 Å². The molecular formula is C13H19BrN2O. The molecule has 4 heteroatoms. The number of carbonyl (C=O) groups is 1. The SMILES string of the molecule is CCCN(CCBr)C(=O)c1ccc(C)nc1C. The molecule has 0 radical (unpaired) electrons. The van der Waals surface area contributed by atoms with Crippen LogP contribution in [0.1, 0.15) is 35.1 Å². The number of amides is 1. The van der Waals surface area contributed by atoms with Crippen molar-refractivity contribution in [3.8, 4) is 0 Å². The first-order valence-corrected chi connectivity index (χ1v) is 7.01. The van der Waals surface area contributed by atoms with E-state index in [9.17, 15) is 4.79 Å². The van der Waals surface area contributed by atoms with Gasteiger partial charge in [-0.2, -0.15) is 0 Å². The fourth-order valence-corrected chi connectivity index (χ4v) is 2.20. The van der Waals surface area contributed by atoms with Gasteiger partial charge in [-0.25, -0.2) is 0 Å². The Morgan fingerprint density at radius 2 is 2.06 bits per heavy atom. The normalized spacial score (nSPS) is 10.4. The minimum atomic E-state index is 0.0799. The van der Waals surface area contributed by atoms with Gasteiger partial charge in [0.2, 0.25) is 0 Å². The lowest BCUT2D eigenvalue weighted by atomic mass is 10.1. The molecule has 0 aliphatic rings. The highest BCUT2D eigenvalue weighted by molar-refractivity contribution is 9.09. The summed E-state index contributed by atoms with van der Waals surface area (Å²) in [5.74, 6) is 0.0799. The van der Waals surface area contributed by atoms with Crippen LogP contribution in [0.15, 0.2) is 12.1 Å². The van der Waals surface area contributed by atoms with E-state index in [2.05, 4.69) is 27.8 Å². The Balaban J connectivity index is 2.92. The van der Waals surface area contributed by atoms with E-state index >= 15 is 0 Å². The Labute approximate surface area is 111 Å². The predicted molar refractivity (Wildman–Crippen MR) is 73.7 cm³/mol. The van der Waals surface area contributed by atoms with Crippen molar-refractivity contribution in [1.29, 1.82) is 0 Å². The largest absolute Gasteiger partial charge is 0.338 e. The molecule has 94 valence electrons. The molecular weight excluding hydrogens is 280 g/mol. The molecule has 0 aliphatic heterocycles. The van der Waals surface area contributed by atoms with E-state index in [1.54, 1.807) is 0 Å². The summed E-state index contributed by atoms with van der Waals surface area (Å²) in [7, 11) is 0. The van der Waals surface area contributed by atoms with Gasteiger partial charge < -0.3 is 4.90 Å². The van der Waals surface area contributed by atoms with Crippen molar-refractivity contribution in [2.45, 2.75) is 27.2 Å². The van der Waals surface area contributed by atoms with Crippen LogP contribution in [0.4, 0.5) is 0 Å². The summed E-state index contributed by atoms with van der Waals surface area (Å²) in [6.45, 7) is 7.43. The summed E-state index contributed by atoms with van der Waals surface area (Å²) in [6, 6.07) is 3.76. The second-order valence-corrected chi connectivity index (χ2v) is 4.86. The molecule has 1 heterocycles. The van der Waals surface area contributed by atoms with Crippen molar-refractivity contribution in [3.05, 3.63) is 29.1 Å². The number of hydrogen-bond acceptors (Lipinski definition) is 2. The van der Waals surface area contributed by atoms with Crippen molar-refractivity contribution in [3.63, 3.8) is 0 Å². The van der Waals surface area contributed by atoms with Crippen LogP contribution >= 0.6 is 15.9 Å². The predicted octanol–water partition coefficient (Wildman–Crippen LogP) is 2.95. The number of aromatic nitrogens is 1. The maximum atomic E-state index is 12.3. The summed E-state index contributed by atoms with van der Waals surface area (Å²) in [5.41, 5.74) is 2.47. The number of rotatable bonds is 5.